The number of carbonyl (C=O) groups excluding carboxylic acids is 3. The molecule has 1 N–H and O–H groups in total. The van der Waals surface area contributed by atoms with Gasteiger partial charge in [0.2, 0.25) is 0 Å². The first kappa shape index (κ1) is 18.6. The summed E-state index contributed by atoms with van der Waals surface area (Å²) in [6.45, 7) is -0.484. The minimum absolute atomic E-state index is 0.243. The van der Waals surface area contributed by atoms with E-state index < -0.39 is 24.5 Å². The van der Waals surface area contributed by atoms with E-state index in [0.29, 0.717) is 16.1 Å². The summed E-state index contributed by atoms with van der Waals surface area (Å²) in [5.41, 5.74) is 1.98. The topological polar surface area (TPSA) is 105 Å². The number of benzene rings is 1. The number of fused-ring (bicyclic) bond motifs is 1. The molecule has 0 radical (unpaired) electrons. The van der Waals surface area contributed by atoms with Crippen LogP contribution in [0.1, 0.15) is 43.1 Å². The van der Waals surface area contributed by atoms with Gasteiger partial charge < -0.3 is 14.8 Å². The Morgan fingerprint density at radius 2 is 1.93 bits per heavy atom. The van der Waals surface area contributed by atoms with Crippen molar-refractivity contribution in [3.8, 4) is 6.07 Å². The highest BCUT2D eigenvalue weighted by Gasteiger charge is 2.28. The van der Waals surface area contributed by atoms with E-state index in [4.69, 9.17) is 14.7 Å². The van der Waals surface area contributed by atoms with Crippen molar-refractivity contribution in [2.75, 3.05) is 19.0 Å². The second kappa shape index (κ2) is 8.01. The summed E-state index contributed by atoms with van der Waals surface area (Å²) in [5.74, 6) is -1.70. The van der Waals surface area contributed by atoms with Crippen LogP contribution in [0.4, 0.5) is 5.00 Å². The van der Waals surface area contributed by atoms with Crippen molar-refractivity contribution >= 4 is 34.2 Å². The van der Waals surface area contributed by atoms with Crippen LogP contribution in [0.2, 0.25) is 0 Å². The molecule has 3 rings (SSSR count). The number of aryl methyl sites for hydroxylation is 1. The molecular formula is C19H16N2O5S. The Morgan fingerprint density at radius 3 is 2.59 bits per heavy atom. The monoisotopic (exact) mass is 384 g/mol. The fourth-order valence-corrected chi connectivity index (χ4v) is 4.16. The summed E-state index contributed by atoms with van der Waals surface area (Å²) >= 11 is 1.35. The molecule has 1 aliphatic rings. The van der Waals surface area contributed by atoms with Crippen molar-refractivity contribution in [2.24, 2.45) is 0 Å². The molecule has 138 valence electrons. The van der Waals surface area contributed by atoms with E-state index in [1.807, 2.05) is 6.07 Å². The summed E-state index contributed by atoms with van der Waals surface area (Å²) in [6.07, 6.45) is 2.62. The van der Waals surface area contributed by atoms with Gasteiger partial charge in [-0.2, -0.15) is 5.26 Å². The highest BCUT2D eigenvalue weighted by Crippen LogP contribution is 2.39. The number of carbonyl (C=O) groups is 3. The number of nitriles is 1. The predicted octanol–water partition coefficient (Wildman–Crippen LogP) is 2.69. The zero-order chi connectivity index (χ0) is 19.4. The highest BCUT2D eigenvalue weighted by atomic mass is 32.1. The van der Waals surface area contributed by atoms with Gasteiger partial charge in [-0.1, -0.05) is 0 Å². The molecule has 27 heavy (non-hydrogen) atoms. The van der Waals surface area contributed by atoms with Crippen LogP contribution in [0, 0.1) is 11.3 Å². The van der Waals surface area contributed by atoms with Gasteiger partial charge in [0.05, 0.1) is 29.9 Å². The number of hydrogen-bond donors (Lipinski definition) is 1. The molecule has 8 heteroatoms. The van der Waals surface area contributed by atoms with Crippen LogP contribution in [0.5, 0.6) is 0 Å². The zero-order valence-corrected chi connectivity index (χ0v) is 15.4. The molecule has 0 saturated carbocycles. The second-order valence-corrected chi connectivity index (χ2v) is 6.97. The maximum absolute atomic E-state index is 12.2. The van der Waals surface area contributed by atoms with Gasteiger partial charge in [-0.05, 0) is 49.1 Å². The largest absolute Gasteiger partial charge is 0.465 e. The van der Waals surface area contributed by atoms with Gasteiger partial charge in [0, 0.05) is 4.88 Å². The number of hydrogen-bond acceptors (Lipinski definition) is 7. The molecule has 0 bridgehead atoms. The van der Waals surface area contributed by atoms with Gasteiger partial charge in [0.25, 0.3) is 5.91 Å². The Kier molecular flexibility index (Phi) is 5.52. The van der Waals surface area contributed by atoms with E-state index in [2.05, 4.69) is 5.32 Å². The fraction of sp³-hybridized carbons (Fsp3) is 0.263. The number of methoxy groups -OCH3 is 1. The molecule has 0 unspecified atom stereocenters. The van der Waals surface area contributed by atoms with Crippen LogP contribution >= 0.6 is 11.3 Å². The van der Waals surface area contributed by atoms with Gasteiger partial charge in [-0.3, -0.25) is 4.79 Å². The van der Waals surface area contributed by atoms with Crippen molar-refractivity contribution in [3.63, 3.8) is 0 Å². The summed E-state index contributed by atoms with van der Waals surface area (Å²) in [6, 6.07) is 7.85. The lowest BCUT2D eigenvalue weighted by molar-refractivity contribution is -0.119. The summed E-state index contributed by atoms with van der Waals surface area (Å²) in [7, 11) is 1.30. The molecule has 1 heterocycles. The van der Waals surface area contributed by atoms with Crippen molar-refractivity contribution in [2.45, 2.75) is 19.3 Å². The Labute approximate surface area is 159 Å². The molecule has 0 atom stereocenters. The van der Waals surface area contributed by atoms with Crippen LogP contribution < -0.4 is 5.32 Å². The first-order valence-electron chi connectivity index (χ1n) is 8.23. The standard InChI is InChI=1S/C19H16N2O5S/c1-25-19(24)16-13-3-2-4-14(13)27-17(16)21-15(22)10-26-18(23)12-7-5-11(9-20)6-8-12/h5-8H,2-4,10H2,1H3,(H,21,22). The molecule has 1 aromatic heterocycles. The van der Waals surface area contributed by atoms with E-state index in [9.17, 15) is 14.4 Å². The first-order chi connectivity index (χ1) is 13.0. The third-order valence-electron chi connectivity index (χ3n) is 4.15. The van der Waals surface area contributed by atoms with Crippen molar-refractivity contribution in [1.82, 2.24) is 0 Å². The van der Waals surface area contributed by atoms with Crippen LogP contribution in [0.15, 0.2) is 24.3 Å². The van der Waals surface area contributed by atoms with Gasteiger partial charge in [0.1, 0.15) is 5.00 Å². The highest BCUT2D eigenvalue weighted by molar-refractivity contribution is 7.17. The number of esters is 2. The molecule has 1 aliphatic carbocycles. The fourth-order valence-electron chi connectivity index (χ4n) is 2.87. The third-order valence-corrected chi connectivity index (χ3v) is 5.36. The van der Waals surface area contributed by atoms with Crippen molar-refractivity contribution in [3.05, 3.63) is 51.4 Å². The van der Waals surface area contributed by atoms with Crippen LogP contribution in [0.3, 0.4) is 0 Å². The smallest absolute Gasteiger partial charge is 0.341 e. The molecule has 0 aliphatic heterocycles. The lowest BCUT2D eigenvalue weighted by Gasteiger charge is -2.08. The molecule has 0 spiro atoms. The van der Waals surface area contributed by atoms with E-state index in [-0.39, 0.29) is 5.56 Å². The number of amides is 1. The Hall–Kier alpha value is -3.18. The second-order valence-electron chi connectivity index (χ2n) is 5.87. The minimum atomic E-state index is -0.670. The number of anilines is 1. The molecule has 0 saturated heterocycles. The summed E-state index contributed by atoms with van der Waals surface area (Å²) < 4.78 is 9.82. The van der Waals surface area contributed by atoms with Crippen molar-refractivity contribution in [1.29, 1.82) is 5.26 Å². The molecular weight excluding hydrogens is 368 g/mol. The third kappa shape index (κ3) is 3.99. The SMILES string of the molecule is COC(=O)c1c(NC(=O)COC(=O)c2ccc(C#N)cc2)sc2c1CCC2. The minimum Gasteiger partial charge on any atom is -0.465 e. The Balaban J connectivity index is 1.63. The summed E-state index contributed by atoms with van der Waals surface area (Å²) in [4.78, 5) is 37.3. The van der Waals surface area contributed by atoms with Crippen LogP contribution in [0.25, 0.3) is 0 Å². The van der Waals surface area contributed by atoms with Gasteiger partial charge in [-0.15, -0.1) is 11.3 Å². The van der Waals surface area contributed by atoms with Gasteiger partial charge in [0.15, 0.2) is 6.61 Å². The number of rotatable bonds is 5. The molecule has 2 aromatic rings. The average Bonchev–Trinajstić information content (AvgIpc) is 3.26. The van der Waals surface area contributed by atoms with E-state index in [1.165, 1.54) is 42.7 Å². The Morgan fingerprint density at radius 1 is 1.19 bits per heavy atom. The number of nitrogens with one attached hydrogen (secondary N) is 1. The van der Waals surface area contributed by atoms with E-state index in [0.717, 1.165) is 29.7 Å². The molecule has 0 fully saturated rings. The molecule has 1 amide bonds. The lowest BCUT2D eigenvalue weighted by atomic mass is 10.1. The number of thiophene rings is 1. The van der Waals surface area contributed by atoms with E-state index in [1.54, 1.807) is 0 Å². The normalized spacial score (nSPS) is 12.0. The van der Waals surface area contributed by atoms with Gasteiger partial charge in [-0.25, -0.2) is 9.59 Å². The molecule has 1 aromatic carbocycles. The zero-order valence-electron chi connectivity index (χ0n) is 14.5. The summed E-state index contributed by atoms with van der Waals surface area (Å²) in [5, 5.41) is 11.8. The average molecular weight is 384 g/mol. The van der Waals surface area contributed by atoms with Crippen LogP contribution in [-0.2, 0) is 27.1 Å². The molecule has 7 nitrogen and oxygen atoms in total. The lowest BCUT2D eigenvalue weighted by Crippen LogP contribution is -2.21. The number of ether oxygens (including phenoxy) is 2. The number of nitrogens with zero attached hydrogens (tertiary/aromatic N) is 1. The van der Waals surface area contributed by atoms with Crippen LogP contribution in [-0.4, -0.2) is 31.6 Å². The quantitative estimate of drug-likeness (QED) is 0.795. The Bertz CT molecular complexity index is 940. The first-order valence-corrected chi connectivity index (χ1v) is 9.05. The maximum Gasteiger partial charge on any atom is 0.341 e. The van der Waals surface area contributed by atoms with E-state index >= 15 is 0 Å². The van der Waals surface area contributed by atoms with Crippen molar-refractivity contribution < 1.29 is 23.9 Å². The maximum atomic E-state index is 12.2. The predicted molar refractivity (Wildman–Crippen MR) is 97.8 cm³/mol. The van der Waals surface area contributed by atoms with Gasteiger partial charge >= 0.3 is 11.9 Å².